The molecule has 13 nitrogen and oxygen atoms in total. The molecule has 0 unspecified atom stereocenters. The predicted molar refractivity (Wildman–Crippen MR) is 135 cm³/mol. The zero-order chi connectivity index (χ0) is 28.0. The van der Waals surface area contributed by atoms with E-state index < -0.39 is 59.8 Å². The molecule has 0 aromatic heterocycles. The van der Waals surface area contributed by atoms with Gasteiger partial charge in [-0.25, -0.2) is 0 Å². The first-order valence-corrected chi connectivity index (χ1v) is 12.3. The summed E-state index contributed by atoms with van der Waals surface area (Å²) in [6, 6.07) is -5.05. The van der Waals surface area contributed by atoms with Gasteiger partial charge in [-0.3, -0.25) is 24.0 Å². The van der Waals surface area contributed by atoms with E-state index in [4.69, 9.17) is 22.3 Å². The topological polar surface area (TPSA) is 232 Å². The minimum absolute atomic E-state index is 0.00554. The highest BCUT2D eigenvalue weighted by Gasteiger charge is 2.31. The Morgan fingerprint density at radius 1 is 0.639 bits per heavy atom. The van der Waals surface area contributed by atoms with Crippen LogP contribution in [0.15, 0.2) is 0 Å². The van der Waals surface area contributed by atoms with Crippen molar-refractivity contribution < 1.29 is 29.1 Å². The standard InChI is InChI=1S/C23H45N7O6/c1-12(2)10-17(29-19(31)15(26)6-8-24)22(34)30-18(11-13(3)4)21(33)28-16(7-9-25)20(32)27-14(5)23(35)36/h12-18H,6-11,24-26H2,1-5H3,(H,27,32)(H,28,33)(H,29,31)(H,30,34)(H,35,36)/t14-,15-,16-,17+,18-/m0/s1. The Bertz CT molecular complexity index is 746. The Labute approximate surface area is 213 Å². The van der Waals surface area contributed by atoms with Crippen molar-refractivity contribution in [3.05, 3.63) is 0 Å². The van der Waals surface area contributed by atoms with Gasteiger partial charge in [0, 0.05) is 0 Å². The number of nitrogens with two attached hydrogens (primary N) is 3. The SMILES string of the molecule is CC(C)C[C@H](NC(=O)[C@@H](CC(C)C)NC(=O)[C@@H](N)CCN)C(=O)N[C@@H](CCN)C(=O)N[C@@H](C)C(=O)O. The fourth-order valence-corrected chi connectivity index (χ4v) is 3.35. The Kier molecular flexibility index (Phi) is 15.5. The largest absolute Gasteiger partial charge is 0.480 e. The van der Waals surface area contributed by atoms with E-state index in [9.17, 15) is 24.0 Å². The summed E-state index contributed by atoms with van der Waals surface area (Å²) in [4.78, 5) is 62.2. The minimum Gasteiger partial charge on any atom is -0.480 e. The number of aliphatic carboxylic acids is 1. The molecule has 5 atom stereocenters. The number of hydrogen-bond acceptors (Lipinski definition) is 8. The van der Waals surface area contributed by atoms with E-state index in [1.54, 1.807) is 0 Å². The molecule has 0 fully saturated rings. The molecule has 0 saturated carbocycles. The summed E-state index contributed by atoms with van der Waals surface area (Å²) < 4.78 is 0. The van der Waals surface area contributed by atoms with E-state index in [0.717, 1.165) is 0 Å². The van der Waals surface area contributed by atoms with Gasteiger partial charge >= 0.3 is 5.97 Å². The Balaban J connectivity index is 5.61. The third kappa shape index (κ3) is 12.8. The van der Waals surface area contributed by atoms with Gasteiger partial charge in [-0.15, -0.1) is 0 Å². The molecule has 0 aliphatic rings. The normalized spacial score (nSPS) is 15.4. The van der Waals surface area contributed by atoms with Crippen LogP contribution in [0, 0.1) is 11.8 Å². The lowest BCUT2D eigenvalue weighted by Gasteiger charge is -2.27. The van der Waals surface area contributed by atoms with E-state index in [1.165, 1.54) is 6.92 Å². The second-order valence-corrected chi connectivity index (χ2v) is 9.77. The van der Waals surface area contributed by atoms with Crippen molar-refractivity contribution in [3.63, 3.8) is 0 Å². The highest BCUT2D eigenvalue weighted by Crippen LogP contribution is 2.10. The number of carboxylic acid groups (broad SMARTS) is 1. The smallest absolute Gasteiger partial charge is 0.325 e. The molecule has 11 N–H and O–H groups in total. The van der Waals surface area contributed by atoms with Gasteiger partial charge in [0.1, 0.15) is 24.2 Å². The summed E-state index contributed by atoms with van der Waals surface area (Å²) >= 11 is 0. The lowest BCUT2D eigenvalue weighted by Crippen LogP contribution is -2.59. The molecule has 0 bridgehead atoms. The zero-order valence-electron chi connectivity index (χ0n) is 22.0. The van der Waals surface area contributed by atoms with Crippen LogP contribution in [0.1, 0.15) is 60.3 Å². The zero-order valence-corrected chi connectivity index (χ0v) is 22.0. The summed E-state index contributed by atoms with van der Waals surface area (Å²) in [5.74, 6) is -3.56. The Morgan fingerprint density at radius 3 is 1.42 bits per heavy atom. The Morgan fingerprint density at radius 2 is 1.03 bits per heavy atom. The van der Waals surface area contributed by atoms with E-state index in [0.29, 0.717) is 6.42 Å². The maximum absolute atomic E-state index is 13.1. The van der Waals surface area contributed by atoms with Gasteiger partial charge < -0.3 is 43.6 Å². The third-order valence-corrected chi connectivity index (χ3v) is 5.31. The van der Waals surface area contributed by atoms with Crippen molar-refractivity contribution in [1.29, 1.82) is 0 Å². The first-order chi connectivity index (χ1) is 16.7. The monoisotopic (exact) mass is 515 g/mol. The highest BCUT2D eigenvalue weighted by molar-refractivity contribution is 5.95. The number of amides is 4. The maximum Gasteiger partial charge on any atom is 0.325 e. The summed E-state index contributed by atoms with van der Waals surface area (Å²) in [5.41, 5.74) is 16.8. The van der Waals surface area contributed by atoms with Crippen molar-refractivity contribution >= 4 is 29.6 Å². The molecule has 0 aromatic rings. The number of carboxylic acids is 1. The van der Waals surface area contributed by atoms with Crippen LogP contribution < -0.4 is 38.5 Å². The number of carbonyl (C=O) groups excluding carboxylic acids is 4. The average molecular weight is 516 g/mol. The van der Waals surface area contributed by atoms with Crippen LogP contribution >= 0.6 is 0 Å². The van der Waals surface area contributed by atoms with E-state index >= 15 is 0 Å². The molecule has 0 heterocycles. The first-order valence-electron chi connectivity index (χ1n) is 12.3. The summed E-state index contributed by atoms with van der Waals surface area (Å²) in [6.45, 7) is 9.08. The van der Waals surface area contributed by atoms with Gasteiger partial charge in [0.2, 0.25) is 23.6 Å². The molecule has 0 aromatic carbocycles. The fourth-order valence-electron chi connectivity index (χ4n) is 3.35. The molecule has 208 valence electrons. The molecule has 0 saturated heterocycles. The number of carbonyl (C=O) groups is 5. The fraction of sp³-hybridized carbons (Fsp3) is 0.783. The third-order valence-electron chi connectivity index (χ3n) is 5.31. The number of rotatable bonds is 17. The molecule has 0 aliphatic carbocycles. The van der Waals surface area contributed by atoms with Crippen LogP contribution in [0.25, 0.3) is 0 Å². The minimum atomic E-state index is -1.23. The molecular weight excluding hydrogens is 470 g/mol. The van der Waals surface area contributed by atoms with Crippen LogP contribution in [0.5, 0.6) is 0 Å². The van der Waals surface area contributed by atoms with Gasteiger partial charge in [0.15, 0.2) is 0 Å². The van der Waals surface area contributed by atoms with Crippen molar-refractivity contribution in [3.8, 4) is 0 Å². The molecule has 0 spiro atoms. The van der Waals surface area contributed by atoms with Gasteiger partial charge in [-0.05, 0) is 57.5 Å². The lowest BCUT2D eigenvalue weighted by molar-refractivity contribution is -0.141. The summed E-state index contributed by atoms with van der Waals surface area (Å²) in [6.07, 6.45) is 0.895. The van der Waals surface area contributed by atoms with Crippen LogP contribution in [-0.4, -0.2) is 78.0 Å². The number of hydrogen-bond donors (Lipinski definition) is 8. The predicted octanol–water partition coefficient (Wildman–Crippen LogP) is -1.85. The van der Waals surface area contributed by atoms with Gasteiger partial charge in [-0.2, -0.15) is 0 Å². The average Bonchev–Trinajstić information content (AvgIpc) is 2.76. The molecule has 4 amide bonds. The van der Waals surface area contributed by atoms with Crippen LogP contribution in [0.3, 0.4) is 0 Å². The molecular formula is C23H45N7O6. The van der Waals surface area contributed by atoms with Crippen LogP contribution in [0.4, 0.5) is 0 Å². The molecule has 0 rings (SSSR count). The van der Waals surface area contributed by atoms with Crippen molar-refractivity contribution in [2.75, 3.05) is 13.1 Å². The van der Waals surface area contributed by atoms with Gasteiger partial charge in [0.05, 0.1) is 6.04 Å². The molecule has 13 heteroatoms. The van der Waals surface area contributed by atoms with Crippen molar-refractivity contribution in [2.24, 2.45) is 29.0 Å². The van der Waals surface area contributed by atoms with Crippen LogP contribution in [0.2, 0.25) is 0 Å². The second kappa shape index (κ2) is 16.8. The molecule has 0 radical (unpaired) electrons. The van der Waals surface area contributed by atoms with Crippen molar-refractivity contribution in [2.45, 2.75) is 90.5 Å². The molecule has 36 heavy (non-hydrogen) atoms. The highest BCUT2D eigenvalue weighted by atomic mass is 16.4. The second-order valence-electron chi connectivity index (χ2n) is 9.77. The summed E-state index contributed by atoms with van der Waals surface area (Å²) in [5, 5.41) is 19.2. The number of nitrogens with one attached hydrogen (secondary N) is 4. The van der Waals surface area contributed by atoms with Gasteiger partial charge in [-0.1, -0.05) is 27.7 Å². The maximum atomic E-state index is 13.1. The summed E-state index contributed by atoms with van der Waals surface area (Å²) in [7, 11) is 0. The van der Waals surface area contributed by atoms with E-state index in [-0.39, 0.29) is 44.2 Å². The lowest BCUT2D eigenvalue weighted by atomic mass is 9.99. The van der Waals surface area contributed by atoms with E-state index in [2.05, 4.69) is 21.3 Å². The Hall–Kier alpha value is -2.77. The van der Waals surface area contributed by atoms with Crippen molar-refractivity contribution in [1.82, 2.24) is 21.3 Å². The van der Waals surface area contributed by atoms with Crippen LogP contribution in [-0.2, 0) is 24.0 Å². The quantitative estimate of drug-likeness (QED) is 0.108. The molecule has 0 aliphatic heterocycles. The first kappa shape index (κ1) is 33.2. The van der Waals surface area contributed by atoms with Gasteiger partial charge in [0.25, 0.3) is 0 Å². The van der Waals surface area contributed by atoms with E-state index in [1.807, 2.05) is 27.7 Å².